The van der Waals surface area contributed by atoms with Gasteiger partial charge in [-0.05, 0) is 25.7 Å². The molecule has 86 valence electrons. The van der Waals surface area contributed by atoms with Crippen molar-refractivity contribution in [1.82, 2.24) is 0 Å². The number of rotatable bonds is 9. The molecule has 0 saturated carbocycles. The van der Waals surface area contributed by atoms with Gasteiger partial charge in [-0.25, -0.2) is 0 Å². The maximum Gasteiger partial charge on any atom is 0.0512 e. The maximum atomic E-state index is 9.25. The normalized spacial score (nSPS) is 13.5. The van der Waals surface area contributed by atoms with Crippen molar-refractivity contribution in [3.63, 3.8) is 0 Å². The molecule has 0 aliphatic rings. The predicted molar refractivity (Wildman–Crippen MR) is 63.5 cm³/mol. The van der Waals surface area contributed by atoms with Crippen LogP contribution in [0.15, 0.2) is 0 Å². The van der Waals surface area contributed by atoms with Crippen LogP contribution in [0.1, 0.15) is 72.1 Å². The average molecular weight is 200 g/mol. The summed E-state index contributed by atoms with van der Waals surface area (Å²) in [6.45, 7) is 6.41. The number of aliphatic hydroxyl groups is 1. The molecule has 0 rings (SSSR count). The van der Waals surface area contributed by atoms with E-state index >= 15 is 0 Å². The molecule has 0 bridgehead atoms. The van der Waals surface area contributed by atoms with E-state index in [0.29, 0.717) is 0 Å². The first-order chi connectivity index (χ1) is 6.70. The van der Waals surface area contributed by atoms with Gasteiger partial charge in [-0.1, -0.05) is 52.4 Å². The molecule has 1 heteroatoms. The fraction of sp³-hybridized carbons (Fsp3) is 1.00. The summed E-state index contributed by atoms with van der Waals surface area (Å²) in [4.78, 5) is 0. The fourth-order valence-corrected chi connectivity index (χ4v) is 1.90. The highest BCUT2D eigenvalue weighted by Gasteiger charge is 2.08. The molecule has 1 unspecified atom stereocenters. The lowest BCUT2D eigenvalue weighted by Crippen LogP contribution is -2.06. The van der Waals surface area contributed by atoms with E-state index < -0.39 is 0 Å². The van der Waals surface area contributed by atoms with Crippen LogP contribution >= 0.6 is 0 Å². The molecular formula is C13H28O. The minimum absolute atomic E-state index is 0.110. The van der Waals surface area contributed by atoms with Gasteiger partial charge in [0.05, 0.1) is 6.10 Å². The standard InChI is InChI=1S/C13H28O/c1-4-6-8-13(9-7-5-2)11-10-12(3)14/h12-14H,4-11H2,1-3H3. The summed E-state index contributed by atoms with van der Waals surface area (Å²) in [5, 5.41) is 9.25. The van der Waals surface area contributed by atoms with Gasteiger partial charge in [-0.3, -0.25) is 0 Å². The van der Waals surface area contributed by atoms with Gasteiger partial charge in [0.25, 0.3) is 0 Å². The Hall–Kier alpha value is -0.0400. The SMILES string of the molecule is CCCCC(CCCC)CCC(C)O. The Balaban J connectivity index is 3.60. The van der Waals surface area contributed by atoms with Crippen LogP contribution in [0.5, 0.6) is 0 Å². The predicted octanol–water partition coefficient (Wildman–Crippen LogP) is 4.14. The van der Waals surface area contributed by atoms with Crippen molar-refractivity contribution >= 4 is 0 Å². The topological polar surface area (TPSA) is 20.2 Å². The van der Waals surface area contributed by atoms with E-state index in [0.717, 1.165) is 12.3 Å². The second-order valence-corrected chi connectivity index (χ2v) is 4.58. The van der Waals surface area contributed by atoms with Crippen LogP contribution in [0.4, 0.5) is 0 Å². The molecule has 0 heterocycles. The summed E-state index contributed by atoms with van der Waals surface area (Å²) in [7, 11) is 0. The van der Waals surface area contributed by atoms with Crippen LogP contribution in [-0.2, 0) is 0 Å². The lowest BCUT2D eigenvalue weighted by Gasteiger charge is -2.16. The quantitative estimate of drug-likeness (QED) is 0.593. The van der Waals surface area contributed by atoms with Gasteiger partial charge in [0, 0.05) is 0 Å². The average Bonchev–Trinajstić information content (AvgIpc) is 2.16. The molecule has 0 aromatic carbocycles. The van der Waals surface area contributed by atoms with Gasteiger partial charge in [0.1, 0.15) is 0 Å². The number of aliphatic hydroxyl groups excluding tert-OH is 1. The molecule has 1 nitrogen and oxygen atoms in total. The number of hydrogen-bond donors (Lipinski definition) is 1. The van der Waals surface area contributed by atoms with E-state index in [4.69, 9.17) is 0 Å². The minimum Gasteiger partial charge on any atom is -0.393 e. The van der Waals surface area contributed by atoms with E-state index in [-0.39, 0.29) is 6.10 Å². The van der Waals surface area contributed by atoms with Crippen molar-refractivity contribution in [2.24, 2.45) is 5.92 Å². The monoisotopic (exact) mass is 200 g/mol. The Bertz CT molecular complexity index is 102. The van der Waals surface area contributed by atoms with Crippen LogP contribution < -0.4 is 0 Å². The van der Waals surface area contributed by atoms with Gasteiger partial charge in [-0.2, -0.15) is 0 Å². The largest absolute Gasteiger partial charge is 0.393 e. The van der Waals surface area contributed by atoms with Gasteiger partial charge >= 0.3 is 0 Å². The van der Waals surface area contributed by atoms with Gasteiger partial charge in [0.2, 0.25) is 0 Å². The molecule has 0 saturated heterocycles. The Labute approximate surface area is 89.9 Å². The molecule has 0 radical (unpaired) electrons. The molecule has 1 N–H and O–H groups in total. The van der Waals surface area contributed by atoms with Crippen LogP contribution in [0.25, 0.3) is 0 Å². The smallest absolute Gasteiger partial charge is 0.0512 e. The van der Waals surface area contributed by atoms with Crippen molar-refractivity contribution in [3.8, 4) is 0 Å². The van der Waals surface area contributed by atoms with Crippen molar-refractivity contribution in [2.45, 2.75) is 78.2 Å². The van der Waals surface area contributed by atoms with Crippen molar-refractivity contribution in [2.75, 3.05) is 0 Å². The first kappa shape index (κ1) is 14.0. The van der Waals surface area contributed by atoms with E-state index in [1.807, 2.05) is 6.92 Å². The Morgan fingerprint density at radius 2 is 1.36 bits per heavy atom. The van der Waals surface area contributed by atoms with Crippen LogP contribution in [0.3, 0.4) is 0 Å². The highest BCUT2D eigenvalue weighted by atomic mass is 16.3. The summed E-state index contributed by atoms with van der Waals surface area (Å²) in [6.07, 6.45) is 10.1. The molecule has 0 aliphatic carbocycles. The first-order valence-corrected chi connectivity index (χ1v) is 6.38. The van der Waals surface area contributed by atoms with Gasteiger partial charge in [-0.15, -0.1) is 0 Å². The zero-order valence-corrected chi connectivity index (χ0v) is 10.3. The van der Waals surface area contributed by atoms with Crippen molar-refractivity contribution in [3.05, 3.63) is 0 Å². The maximum absolute atomic E-state index is 9.25. The van der Waals surface area contributed by atoms with E-state index in [1.165, 1.54) is 44.9 Å². The summed E-state index contributed by atoms with van der Waals surface area (Å²) >= 11 is 0. The molecular weight excluding hydrogens is 172 g/mol. The fourth-order valence-electron chi connectivity index (χ4n) is 1.90. The zero-order valence-electron chi connectivity index (χ0n) is 10.3. The van der Waals surface area contributed by atoms with Crippen molar-refractivity contribution in [1.29, 1.82) is 0 Å². The lowest BCUT2D eigenvalue weighted by molar-refractivity contribution is 0.170. The zero-order chi connectivity index (χ0) is 10.8. The van der Waals surface area contributed by atoms with E-state index in [1.54, 1.807) is 0 Å². The summed E-state index contributed by atoms with van der Waals surface area (Å²) in [6, 6.07) is 0. The van der Waals surface area contributed by atoms with E-state index in [9.17, 15) is 5.11 Å². The third kappa shape index (κ3) is 8.55. The Morgan fingerprint density at radius 1 is 0.857 bits per heavy atom. The summed E-state index contributed by atoms with van der Waals surface area (Å²) in [5.41, 5.74) is 0. The van der Waals surface area contributed by atoms with Crippen molar-refractivity contribution < 1.29 is 5.11 Å². The van der Waals surface area contributed by atoms with Gasteiger partial charge in [0.15, 0.2) is 0 Å². The first-order valence-electron chi connectivity index (χ1n) is 6.38. The highest BCUT2D eigenvalue weighted by Crippen LogP contribution is 2.21. The molecule has 0 aromatic heterocycles. The highest BCUT2D eigenvalue weighted by molar-refractivity contribution is 4.61. The second kappa shape index (κ2) is 9.51. The molecule has 0 amide bonds. The number of hydrogen-bond acceptors (Lipinski definition) is 1. The molecule has 0 aliphatic heterocycles. The van der Waals surface area contributed by atoms with Crippen LogP contribution in [-0.4, -0.2) is 11.2 Å². The van der Waals surface area contributed by atoms with Crippen LogP contribution in [0.2, 0.25) is 0 Å². The third-order valence-electron chi connectivity index (χ3n) is 2.92. The molecule has 0 fully saturated rings. The number of unbranched alkanes of at least 4 members (excludes halogenated alkanes) is 2. The molecule has 0 aromatic rings. The summed E-state index contributed by atoms with van der Waals surface area (Å²) < 4.78 is 0. The Kier molecular flexibility index (Phi) is 9.49. The molecule has 0 spiro atoms. The Morgan fingerprint density at radius 3 is 1.71 bits per heavy atom. The van der Waals surface area contributed by atoms with E-state index in [2.05, 4.69) is 13.8 Å². The third-order valence-corrected chi connectivity index (χ3v) is 2.92. The lowest BCUT2D eigenvalue weighted by atomic mass is 9.91. The summed E-state index contributed by atoms with van der Waals surface area (Å²) in [5.74, 6) is 0.865. The molecule has 14 heavy (non-hydrogen) atoms. The molecule has 1 atom stereocenters. The van der Waals surface area contributed by atoms with Gasteiger partial charge < -0.3 is 5.11 Å². The second-order valence-electron chi connectivity index (χ2n) is 4.58. The minimum atomic E-state index is -0.110. The van der Waals surface area contributed by atoms with Crippen LogP contribution in [0, 0.1) is 5.92 Å².